The summed E-state index contributed by atoms with van der Waals surface area (Å²) in [5.41, 5.74) is 3.69. The predicted octanol–water partition coefficient (Wildman–Crippen LogP) is 1.01. The zero-order valence-corrected chi connectivity index (χ0v) is 21.6. The second-order valence-electron chi connectivity index (χ2n) is 7.19. The van der Waals surface area contributed by atoms with Gasteiger partial charge < -0.3 is 31.1 Å². The molecule has 0 bridgehead atoms. The Balaban J connectivity index is 0. The number of aliphatic hydroxyl groups excluding tert-OH is 2. The van der Waals surface area contributed by atoms with Crippen molar-refractivity contribution in [3.8, 4) is 0 Å². The zero-order valence-electron chi connectivity index (χ0n) is 21.6. The maximum atomic E-state index is 10.5. The fourth-order valence-corrected chi connectivity index (χ4v) is 2.78. The number of nitrogens with one attached hydrogen (secondary N) is 1. The molecule has 33 heavy (non-hydrogen) atoms. The van der Waals surface area contributed by atoms with E-state index in [4.69, 9.17) is 9.84 Å². The lowest BCUT2D eigenvalue weighted by Gasteiger charge is -2.24. The van der Waals surface area contributed by atoms with Crippen LogP contribution in [0.15, 0.2) is 12.7 Å². The molecule has 3 rings (SSSR count). The van der Waals surface area contributed by atoms with Crippen molar-refractivity contribution in [3.05, 3.63) is 12.7 Å². The van der Waals surface area contributed by atoms with E-state index in [9.17, 15) is 15.0 Å². The molecule has 1 aliphatic heterocycles. The Morgan fingerprint density at radius 2 is 1.85 bits per heavy atom. The summed E-state index contributed by atoms with van der Waals surface area (Å²) in [5.74, 6) is 1.00. The second-order valence-corrected chi connectivity index (χ2v) is 7.19. The van der Waals surface area contributed by atoms with Gasteiger partial charge in [-0.25, -0.2) is 15.0 Å². The van der Waals surface area contributed by atoms with E-state index in [0.29, 0.717) is 29.3 Å². The molecule has 0 saturated carbocycles. The van der Waals surface area contributed by atoms with Gasteiger partial charge in [-0.05, 0) is 6.92 Å². The molecule has 1 fully saturated rings. The van der Waals surface area contributed by atoms with Crippen LogP contribution in [0.2, 0.25) is 0 Å². The van der Waals surface area contributed by atoms with E-state index in [1.165, 1.54) is 6.33 Å². The topological polar surface area (TPSA) is 170 Å². The maximum absolute atomic E-state index is 10.5. The molecule has 0 radical (unpaired) electrons. The van der Waals surface area contributed by atoms with Crippen molar-refractivity contribution in [2.75, 3.05) is 26.1 Å². The van der Waals surface area contributed by atoms with E-state index in [0.717, 1.165) is 13.4 Å². The highest BCUT2D eigenvalue weighted by atomic mass is 16.5. The van der Waals surface area contributed by atoms with Gasteiger partial charge in [0.1, 0.15) is 23.5 Å². The van der Waals surface area contributed by atoms with Crippen molar-refractivity contribution in [1.29, 1.82) is 0 Å². The molecule has 4 unspecified atom stereocenters. The Hall–Kier alpha value is -2.18. The van der Waals surface area contributed by atoms with E-state index in [1.807, 2.05) is 41.5 Å². The van der Waals surface area contributed by atoms with Crippen LogP contribution in [-0.2, 0) is 9.53 Å². The van der Waals surface area contributed by atoms with Crippen LogP contribution in [-0.4, -0.2) is 79.6 Å². The highest BCUT2D eigenvalue weighted by Gasteiger charge is 2.45. The molecular formula is C22H45N6O5+. The average molecular weight is 474 g/mol. The molecule has 11 nitrogen and oxygen atoms in total. The first-order valence-corrected chi connectivity index (χ1v) is 11.3. The van der Waals surface area contributed by atoms with Gasteiger partial charge in [0.2, 0.25) is 0 Å². The van der Waals surface area contributed by atoms with Crippen molar-refractivity contribution in [2.24, 2.45) is 5.92 Å². The number of ether oxygens (including phenoxy) is 1. The van der Waals surface area contributed by atoms with Crippen LogP contribution in [0.3, 0.4) is 0 Å². The summed E-state index contributed by atoms with van der Waals surface area (Å²) in [6, 6.07) is -0.0278. The molecule has 3 heterocycles. The van der Waals surface area contributed by atoms with Gasteiger partial charge in [-0.3, -0.25) is 9.36 Å². The lowest BCUT2D eigenvalue weighted by molar-refractivity contribution is -0.410. The number of aromatic nitrogens is 4. The lowest BCUT2D eigenvalue weighted by atomic mass is 10.0. The van der Waals surface area contributed by atoms with E-state index >= 15 is 0 Å². The molecule has 11 heteroatoms. The van der Waals surface area contributed by atoms with Gasteiger partial charge in [-0.1, -0.05) is 41.5 Å². The van der Waals surface area contributed by atoms with Crippen LogP contribution >= 0.6 is 0 Å². The number of fused-ring (bicyclic) bond motifs is 1. The smallest absolute Gasteiger partial charge is 0.177 e. The first-order chi connectivity index (χ1) is 15.7. The number of carbonyl (C=O) groups is 1. The summed E-state index contributed by atoms with van der Waals surface area (Å²) in [6.45, 7) is 13.5. The van der Waals surface area contributed by atoms with Crippen molar-refractivity contribution in [1.82, 2.24) is 19.5 Å². The molecule has 4 atom stereocenters. The molecule has 2 aromatic heterocycles. The molecule has 192 valence electrons. The quantitative estimate of drug-likeness (QED) is 0.398. The number of anilines is 1. The van der Waals surface area contributed by atoms with Crippen molar-refractivity contribution in [3.63, 3.8) is 0 Å². The molecule has 0 spiro atoms. The average Bonchev–Trinajstić information content (AvgIpc) is 3.42. The molecule has 1 aliphatic rings. The van der Waals surface area contributed by atoms with Gasteiger partial charge in [0.25, 0.3) is 0 Å². The number of hydrogen-bond donors (Lipinski definition) is 5. The van der Waals surface area contributed by atoms with E-state index < -0.39 is 17.9 Å². The van der Waals surface area contributed by atoms with E-state index in [1.54, 1.807) is 24.9 Å². The zero-order chi connectivity index (χ0) is 26.2. The van der Waals surface area contributed by atoms with Crippen LogP contribution in [0.5, 0.6) is 0 Å². The maximum Gasteiger partial charge on any atom is 0.177 e. The van der Waals surface area contributed by atoms with Crippen LogP contribution in [0.4, 0.5) is 5.82 Å². The Morgan fingerprint density at radius 1 is 1.27 bits per heavy atom. The first-order valence-electron chi connectivity index (χ1n) is 11.3. The summed E-state index contributed by atoms with van der Waals surface area (Å²) in [5, 5.41) is 29.6. The fourth-order valence-electron chi connectivity index (χ4n) is 2.78. The standard InChI is InChI=1S/C12H17N5O3.C5H11NO.2C2H6.CH4O/c1-12(19)3-7(4-18)20-11(12)17-6-16-8-9(13-2)14-5-15-10(8)17;1-4(2)5(6)3-7;3*1-2/h5-7,11,18-19H,3-4H2,1-2H3,(H,13,14,15);3-5H,6H2,1-2H3;2*1-2H3;2H,1H3/p+1. The minimum atomic E-state index is -1.09. The minimum Gasteiger partial charge on any atom is -0.400 e. The third-order valence-corrected chi connectivity index (χ3v) is 4.58. The number of quaternary nitrogens is 1. The number of aliphatic hydroxyl groups is 3. The van der Waals surface area contributed by atoms with E-state index in [2.05, 4.69) is 26.0 Å². The highest BCUT2D eigenvalue weighted by molar-refractivity contribution is 5.82. The SMILES string of the molecule is CC.CC.CC(C)C([NH3+])C=O.CNc1ncnc2c1ncn2C1OC(CO)CC1(C)O.CO. The molecule has 0 aromatic carbocycles. The van der Waals surface area contributed by atoms with Crippen LogP contribution in [0.25, 0.3) is 11.2 Å². The second kappa shape index (κ2) is 17.3. The summed E-state index contributed by atoms with van der Waals surface area (Å²) >= 11 is 0. The van der Waals surface area contributed by atoms with Gasteiger partial charge >= 0.3 is 0 Å². The third kappa shape index (κ3) is 9.30. The summed E-state index contributed by atoms with van der Waals surface area (Å²) in [7, 11) is 2.75. The number of rotatable bonds is 5. The van der Waals surface area contributed by atoms with Gasteiger partial charge in [0.15, 0.2) is 24.0 Å². The number of nitrogens with zero attached hydrogens (tertiary/aromatic N) is 4. The molecule has 0 aliphatic carbocycles. The molecular weight excluding hydrogens is 428 g/mol. The Kier molecular flexibility index (Phi) is 17.3. The lowest BCUT2D eigenvalue weighted by Crippen LogP contribution is -2.64. The normalized spacial score (nSPS) is 21.8. The first kappa shape index (κ1) is 33.0. The highest BCUT2D eigenvalue weighted by Crippen LogP contribution is 2.39. The number of imidazole rings is 1. The summed E-state index contributed by atoms with van der Waals surface area (Å²) in [4.78, 5) is 22.5. The van der Waals surface area contributed by atoms with Gasteiger partial charge in [-0.2, -0.15) is 0 Å². The van der Waals surface area contributed by atoms with Crippen LogP contribution in [0.1, 0.15) is 61.1 Å². The van der Waals surface area contributed by atoms with Crippen molar-refractivity contribution >= 4 is 23.3 Å². The number of carbonyl (C=O) groups excluding carboxylic acids is 1. The Morgan fingerprint density at radius 3 is 2.24 bits per heavy atom. The Labute approximate surface area is 197 Å². The number of hydrogen-bond acceptors (Lipinski definition) is 9. The van der Waals surface area contributed by atoms with Gasteiger partial charge in [0, 0.05) is 26.5 Å². The largest absolute Gasteiger partial charge is 0.400 e. The molecule has 7 N–H and O–H groups in total. The monoisotopic (exact) mass is 473 g/mol. The molecule has 2 aromatic rings. The van der Waals surface area contributed by atoms with Crippen molar-refractivity contribution < 1.29 is 30.6 Å². The van der Waals surface area contributed by atoms with Crippen LogP contribution < -0.4 is 11.1 Å². The molecule has 0 amide bonds. The third-order valence-electron chi connectivity index (χ3n) is 4.58. The van der Waals surface area contributed by atoms with Gasteiger partial charge in [0.05, 0.1) is 19.0 Å². The number of aldehydes is 1. The van der Waals surface area contributed by atoms with Crippen LogP contribution in [0, 0.1) is 5.92 Å². The van der Waals surface area contributed by atoms with E-state index in [-0.39, 0.29) is 12.6 Å². The van der Waals surface area contributed by atoms with Gasteiger partial charge in [-0.15, -0.1) is 0 Å². The summed E-state index contributed by atoms with van der Waals surface area (Å²) < 4.78 is 7.37. The predicted molar refractivity (Wildman–Crippen MR) is 130 cm³/mol. The fraction of sp³-hybridized carbons (Fsp3) is 0.727. The Bertz CT molecular complexity index is 769. The minimum absolute atomic E-state index is 0.0278. The van der Waals surface area contributed by atoms with Crippen molar-refractivity contribution in [2.45, 2.75) is 78.9 Å². The molecule has 1 saturated heterocycles. The summed E-state index contributed by atoms with van der Waals surface area (Å²) in [6.07, 6.45) is 3.21.